The molecule has 0 bridgehead atoms. The van der Waals surface area contributed by atoms with Crippen LogP contribution >= 0.6 is 0 Å². The molecule has 1 atom stereocenters. The topological polar surface area (TPSA) is 122 Å². The first kappa shape index (κ1) is 23.6. The number of benzene rings is 2. The summed E-state index contributed by atoms with van der Waals surface area (Å²) in [5.41, 5.74) is 1.03. The predicted octanol–water partition coefficient (Wildman–Crippen LogP) is 1.81. The van der Waals surface area contributed by atoms with Gasteiger partial charge in [0.1, 0.15) is 10.6 Å². The molecule has 0 radical (unpaired) electrons. The van der Waals surface area contributed by atoms with Gasteiger partial charge < -0.3 is 10.1 Å². The maximum Gasteiger partial charge on any atom is 0.251 e. The summed E-state index contributed by atoms with van der Waals surface area (Å²) in [6, 6.07) is 10.2. The minimum Gasteiger partial charge on any atom is -0.495 e. The molecule has 0 fully saturated rings. The number of hydrogen-bond acceptors (Lipinski definition) is 6. The van der Waals surface area contributed by atoms with E-state index in [1.165, 1.54) is 39.4 Å². The molecular weight excluding hydrogens is 430 g/mol. The van der Waals surface area contributed by atoms with Crippen molar-refractivity contribution in [2.75, 3.05) is 32.2 Å². The van der Waals surface area contributed by atoms with Crippen molar-refractivity contribution in [1.82, 2.24) is 9.62 Å². The van der Waals surface area contributed by atoms with Crippen molar-refractivity contribution in [3.63, 3.8) is 0 Å². The molecule has 0 aliphatic heterocycles. The molecule has 0 heterocycles. The lowest BCUT2D eigenvalue weighted by atomic mass is 10.1. The van der Waals surface area contributed by atoms with Crippen LogP contribution < -0.4 is 14.8 Å². The van der Waals surface area contributed by atoms with Crippen LogP contribution in [0.25, 0.3) is 0 Å². The van der Waals surface area contributed by atoms with Gasteiger partial charge in [-0.1, -0.05) is 18.2 Å². The zero-order chi connectivity index (χ0) is 22.7. The maximum absolute atomic E-state index is 12.8. The number of methoxy groups -OCH3 is 1. The van der Waals surface area contributed by atoms with Crippen LogP contribution in [0.2, 0.25) is 0 Å². The number of sulfonamides is 2. The Morgan fingerprint density at radius 2 is 1.70 bits per heavy atom. The van der Waals surface area contributed by atoms with Gasteiger partial charge in [0.2, 0.25) is 20.0 Å². The second-order valence-corrected chi connectivity index (χ2v) is 10.7. The highest BCUT2D eigenvalue weighted by atomic mass is 32.2. The van der Waals surface area contributed by atoms with E-state index in [1.54, 1.807) is 31.2 Å². The molecular formula is C19H25N3O6S2. The summed E-state index contributed by atoms with van der Waals surface area (Å²) in [5.74, 6) is -0.398. The van der Waals surface area contributed by atoms with E-state index in [0.29, 0.717) is 11.3 Å². The van der Waals surface area contributed by atoms with Crippen LogP contribution in [0.4, 0.5) is 5.69 Å². The van der Waals surface area contributed by atoms with Crippen molar-refractivity contribution in [1.29, 1.82) is 0 Å². The van der Waals surface area contributed by atoms with Crippen LogP contribution in [-0.4, -0.2) is 54.5 Å². The Kier molecular flexibility index (Phi) is 7.11. The van der Waals surface area contributed by atoms with Gasteiger partial charge >= 0.3 is 0 Å². The van der Waals surface area contributed by atoms with Gasteiger partial charge in [0.15, 0.2) is 0 Å². The number of ether oxygens (including phenoxy) is 1. The first-order chi connectivity index (χ1) is 13.9. The van der Waals surface area contributed by atoms with Crippen molar-refractivity contribution in [2.24, 2.45) is 0 Å². The van der Waals surface area contributed by atoms with Crippen LogP contribution in [0.3, 0.4) is 0 Å². The lowest BCUT2D eigenvalue weighted by Crippen LogP contribution is -2.28. The standard InChI is InChI=1S/C19H25N3O6S2/c1-13(15-8-6-7-9-16(15)21-29(5,24)25)20-19(23)14-10-11-17(28-4)18(12-14)30(26,27)22(2)3/h6-13,21H,1-5H3,(H,20,23)/t13-/m1/s1. The summed E-state index contributed by atoms with van der Waals surface area (Å²) in [7, 11) is -3.22. The van der Waals surface area contributed by atoms with Crippen molar-refractivity contribution in [2.45, 2.75) is 17.9 Å². The summed E-state index contributed by atoms with van der Waals surface area (Å²) in [4.78, 5) is 12.6. The third kappa shape index (κ3) is 5.49. The fraction of sp³-hybridized carbons (Fsp3) is 0.316. The van der Waals surface area contributed by atoms with E-state index in [1.807, 2.05) is 0 Å². The number of carbonyl (C=O) groups is 1. The largest absolute Gasteiger partial charge is 0.495 e. The molecule has 0 aliphatic carbocycles. The Hall–Kier alpha value is -2.63. The van der Waals surface area contributed by atoms with E-state index in [9.17, 15) is 21.6 Å². The van der Waals surface area contributed by atoms with Crippen molar-refractivity contribution in [3.05, 3.63) is 53.6 Å². The van der Waals surface area contributed by atoms with Crippen LogP contribution in [0.5, 0.6) is 5.75 Å². The van der Waals surface area contributed by atoms with Crippen molar-refractivity contribution >= 4 is 31.6 Å². The summed E-state index contributed by atoms with van der Waals surface area (Å²) in [5, 5.41) is 2.76. The molecule has 0 saturated carbocycles. The predicted molar refractivity (Wildman–Crippen MR) is 115 cm³/mol. The summed E-state index contributed by atoms with van der Waals surface area (Å²) in [6.45, 7) is 1.70. The van der Waals surface area contributed by atoms with Gasteiger partial charge in [0, 0.05) is 19.7 Å². The van der Waals surface area contributed by atoms with E-state index in [-0.39, 0.29) is 16.2 Å². The Bertz CT molecular complexity index is 1140. The second kappa shape index (κ2) is 9.02. The monoisotopic (exact) mass is 455 g/mol. The van der Waals surface area contributed by atoms with Gasteiger partial charge in [-0.05, 0) is 36.8 Å². The molecule has 0 unspecified atom stereocenters. The smallest absolute Gasteiger partial charge is 0.251 e. The highest BCUT2D eigenvalue weighted by Gasteiger charge is 2.24. The Balaban J connectivity index is 2.35. The molecule has 1 amide bonds. The molecule has 0 saturated heterocycles. The van der Waals surface area contributed by atoms with Crippen molar-refractivity contribution in [3.8, 4) is 5.75 Å². The molecule has 164 valence electrons. The highest BCUT2D eigenvalue weighted by molar-refractivity contribution is 7.92. The average molecular weight is 456 g/mol. The van der Waals surface area contributed by atoms with Gasteiger partial charge in [-0.2, -0.15) is 0 Å². The van der Waals surface area contributed by atoms with Gasteiger partial charge in [-0.25, -0.2) is 21.1 Å². The zero-order valence-corrected chi connectivity index (χ0v) is 19.0. The molecule has 0 spiro atoms. The lowest BCUT2D eigenvalue weighted by molar-refractivity contribution is 0.0939. The molecule has 30 heavy (non-hydrogen) atoms. The molecule has 2 aromatic rings. The number of hydrogen-bond donors (Lipinski definition) is 2. The summed E-state index contributed by atoms with van der Waals surface area (Å²) < 4.78 is 56.9. The number of anilines is 1. The summed E-state index contributed by atoms with van der Waals surface area (Å²) in [6.07, 6.45) is 1.04. The van der Waals surface area contributed by atoms with Gasteiger partial charge in [0.05, 0.1) is 25.1 Å². The van der Waals surface area contributed by atoms with E-state index < -0.39 is 32.0 Å². The molecule has 11 heteroatoms. The number of amides is 1. The number of rotatable bonds is 8. The SMILES string of the molecule is COc1ccc(C(=O)N[C@H](C)c2ccccc2NS(C)(=O)=O)cc1S(=O)(=O)N(C)C. The lowest BCUT2D eigenvalue weighted by Gasteiger charge is -2.19. The van der Waals surface area contributed by atoms with E-state index in [4.69, 9.17) is 4.74 Å². The normalized spacial score (nSPS) is 13.0. The number of nitrogens with one attached hydrogen (secondary N) is 2. The quantitative estimate of drug-likeness (QED) is 0.626. The first-order valence-electron chi connectivity index (χ1n) is 8.85. The van der Waals surface area contributed by atoms with E-state index in [0.717, 1.165) is 10.6 Å². The minimum absolute atomic E-state index is 0.121. The Morgan fingerprint density at radius 3 is 2.27 bits per heavy atom. The Morgan fingerprint density at radius 1 is 1.07 bits per heavy atom. The van der Waals surface area contributed by atoms with Crippen LogP contribution in [0, 0.1) is 0 Å². The van der Waals surface area contributed by atoms with Crippen LogP contribution in [0.1, 0.15) is 28.9 Å². The van der Waals surface area contributed by atoms with Crippen LogP contribution in [-0.2, 0) is 20.0 Å². The number of nitrogens with zero attached hydrogens (tertiary/aromatic N) is 1. The zero-order valence-electron chi connectivity index (χ0n) is 17.3. The van der Waals surface area contributed by atoms with Gasteiger partial charge in [-0.15, -0.1) is 0 Å². The molecule has 0 aromatic heterocycles. The molecule has 2 rings (SSSR count). The van der Waals surface area contributed by atoms with Crippen molar-refractivity contribution < 1.29 is 26.4 Å². The first-order valence-corrected chi connectivity index (χ1v) is 12.2. The summed E-state index contributed by atoms with van der Waals surface area (Å²) >= 11 is 0. The molecule has 9 nitrogen and oxygen atoms in total. The maximum atomic E-state index is 12.8. The number of para-hydroxylation sites is 1. The number of carbonyl (C=O) groups excluding carboxylic acids is 1. The molecule has 0 aliphatic rings. The minimum atomic E-state index is -3.83. The van der Waals surface area contributed by atoms with Gasteiger partial charge in [0.25, 0.3) is 5.91 Å². The fourth-order valence-corrected chi connectivity index (χ4v) is 4.40. The average Bonchev–Trinajstić information content (AvgIpc) is 2.66. The molecule has 2 N–H and O–H groups in total. The second-order valence-electron chi connectivity index (χ2n) is 6.81. The third-order valence-corrected chi connectivity index (χ3v) is 6.68. The highest BCUT2D eigenvalue weighted by Crippen LogP contribution is 2.28. The fourth-order valence-electron chi connectivity index (χ4n) is 2.74. The van der Waals surface area contributed by atoms with Gasteiger partial charge in [-0.3, -0.25) is 9.52 Å². The molecule has 2 aromatic carbocycles. The van der Waals surface area contributed by atoms with E-state index in [2.05, 4.69) is 10.0 Å². The van der Waals surface area contributed by atoms with Crippen LogP contribution in [0.15, 0.2) is 47.4 Å². The Labute approximate surface area is 177 Å². The van der Waals surface area contributed by atoms with E-state index >= 15 is 0 Å². The third-order valence-electron chi connectivity index (χ3n) is 4.25.